The van der Waals surface area contributed by atoms with E-state index in [1.54, 1.807) is 60.5 Å². The van der Waals surface area contributed by atoms with Crippen LogP contribution in [0.3, 0.4) is 0 Å². The number of hydrogen-bond donors (Lipinski definition) is 4. The molecule has 3 atom stereocenters. The standard InChI is InChI=1S/C24H29N3O8.C17H26N2O4.C13H16N2O3/c1-24(2,3)35-22(29)25-20(16-17-8-6-5-7-9-17)21(28)26(4)14-15-33-23(30)34-19-12-10-18(11-13-19)27(31)32;1-17(2,3)23-16(22)18-14(15(21)19(4)10-11-20)12-13-8-6-5-7-9-13;1-15-7-8-18-13(17)14-11(12(15)16)9-10-5-3-2-4-6-10/h5-13,20H,14-16H2,1-4H3,(H,25,29);5-9,14,20H,10-12H2,1-4H3,(H,18,22);2-6,11H,7-9H2,1H3,(H,14,17)/t20-;14-;11-/m000/s1. The number of cyclic esters (lactones) is 1. The summed E-state index contributed by atoms with van der Waals surface area (Å²) in [6.07, 6.45) is -1.84. The lowest BCUT2D eigenvalue weighted by Gasteiger charge is -2.27. The second kappa shape index (κ2) is 30.8. The Morgan fingerprint density at radius 1 is 0.737 bits per heavy atom. The number of nitrogens with one attached hydrogen (secondary N) is 3. The van der Waals surface area contributed by atoms with Gasteiger partial charge in [-0.3, -0.25) is 24.5 Å². The molecular formula is C54H71N7O15. The maximum Gasteiger partial charge on any atom is 0.513 e. The number of alkyl carbamates (subject to hydrolysis) is 3. The quantitative estimate of drug-likeness (QED) is 0.0307. The van der Waals surface area contributed by atoms with Crippen LogP contribution in [0.1, 0.15) is 58.2 Å². The zero-order chi connectivity index (χ0) is 56.4. The molecule has 0 aromatic heterocycles. The molecule has 1 aliphatic heterocycles. The number of likely N-dealkylation sites (N-methyl/N-ethyl adjacent to an activating group) is 3. The van der Waals surface area contributed by atoms with Crippen molar-refractivity contribution in [2.75, 3.05) is 60.6 Å². The van der Waals surface area contributed by atoms with Gasteiger partial charge in [-0.1, -0.05) is 91.0 Å². The number of nitro benzene ring substituents is 1. The van der Waals surface area contributed by atoms with Crippen LogP contribution in [-0.4, -0.2) is 157 Å². The Bertz CT molecular complexity index is 2490. The van der Waals surface area contributed by atoms with Gasteiger partial charge in [-0.2, -0.15) is 0 Å². The number of benzene rings is 4. The SMILES string of the molecule is CN(CCO)C(=O)[C@H](Cc1ccccc1)NC(=O)OC(C)(C)C.CN(CCOC(=O)Oc1ccc([N+](=O)[O-])cc1)C(=O)[C@H](Cc1ccccc1)NC(=O)OC(C)(C)C.CN1CCOC(=O)N[C@@H](Cc2ccccc2)C1=O. The van der Waals surface area contributed by atoms with Gasteiger partial charge in [0.1, 0.15) is 48.3 Å². The number of carbonyl (C=O) groups excluding carboxylic acids is 7. The number of nitro groups is 1. The van der Waals surface area contributed by atoms with Gasteiger partial charge in [0.05, 0.1) is 24.6 Å². The van der Waals surface area contributed by atoms with Crippen molar-refractivity contribution < 1.29 is 67.3 Å². The lowest BCUT2D eigenvalue weighted by atomic mass is 10.0. The van der Waals surface area contributed by atoms with Crippen molar-refractivity contribution >= 4 is 47.8 Å². The molecule has 0 aliphatic carbocycles. The Kier molecular flexibility index (Phi) is 25.1. The predicted molar refractivity (Wildman–Crippen MR) is 280 cm³/mol. The summed E-state index contributed by atoms with van der Waals surface area (Å²) in [5.41, 5.74) is 1.27. The molecule has 0 radical (unpaired) electrons. The third-order valence-corrected chi connectivity index (χ3v) is 10.5. The van der Waals surface area contributed by atoms with E-state index in [0.29, 0.717) is 19.4 Å². The molecule has 0 spiro atoms. The summed E-state index contributed by atoms with van der Waals surface area (Å²) in [7, 11) is 4.82. The molecule has 0 bridgehead atoms. The van der Waals surface area contributed by atoms with Crippen LogP contribution >= 0.6 is 0 Å². The lowest BCUT2D eigenvalue weighted by Crippen LogP contribution is -2.51. The van der Waals surface area contributed by atoms with Crippen molar-refractivity contribution in [3.8, 4) is 5.75 Å². The average Bonchev–Trinajstić information content (AvgIpc) is 3.35. The number of rotatable bonds is 17. The highest BCUT2D eigenvalue weighted by molar-refractivity contribution is 5.87. The van der Waals surface area contributed by atoms with Gasteiger partial charge < -0.3 is 59.4 Å². The van der Waals surface area contributed by atoms with Crippen molar-refractivity contribution in [3.05, 3.63) is 142 Å². The summed E-state index contributed by atoms with van der Waals surface area (Å²) in [5, 5.41) is 27.5. The summed E-state index contributed by atoms with van der Waals surface area (Å²) < 4.78 is 25.4. The molecule has 4 N–H and O–H groups in total. The van der Waals surface area contributed by atoms with E-state index in [4.69, 9.17) is 28.8 Å². The van der Waals surface area contributed by atoms with Crippen LogP contribution in [0.25, 0.3) is 0 Å². The second-order valence-corrected chi connectivity index (χ2v) is 19.3. The number of nitrogens with zero attached hydrogens (tertiary/aromatic N) is 4. The topological polar surface area (TPSA) is 275 Å². The number of ether oxygens (including phenoxy) is 5. The molecule has 0 saturated carbocycles. The van der Waals surface area contributed by atoms with Crippen molar-refractivity contribution in [3.63, 3.8) is 0 Å². The zero-order valence-corrected chi connectivity index (χ0v) is 44.5. The summed E-state index contributed by atoms with van der Waals surface area (Å²) in [5.74, 6) is -0.675. The van der Waals surface area contributed by atoms with Crippen LogP contribution in [0.4, 0.5) is 24.9 Å². The van der Waals surface area contributed by atoms with Gasteiger partial charge in [0, 0.05) is 59.1 Å². The smallest absolute Gasteiger partial charge is 0.448 e. The molecule has 22 heteroatoms. The molecule has 412 valence electrons. The van der Waals surface area contributed by atoms with E-state index in [9.17, 15) is 43.7 Å². The molecule has 1 fully saturated rings. The molecule has 5 rings (SSSR count). The molecule has 6 amide bonds. The monoisotopic (exact) mass is 1060 g/mol. The fourth-order valence-corrected chi connectivity index (χ4v) is 6.81. The highest BCUT2D eigenvalue weighted by atomic mass is 16.7. The van der Waals surface area contributed by atoms with E-state index in [0.717, 1.165) is 16.7 Å². The van der Waals surface area contributed by atoms with Crippen molar-refractivity contribution in [1.82, 2.24) is 30.7 Å². The third kappa shape index (κ3) is 24.2. The van der Waals surface area contributed by atoms with Crippen molar-refractivity contribution in [1.29, 1.82) is 0 Å². The molecule has 1 saturated heterocycles. The lowest BCUT2D eigenvalue weighted by molar-refractivity contribution is -0.384. The van der Waals surface area contributed by atoms with Gasteiger partial charge >= 0.3 is 24.4 Å². The Labute approximate surface area is 443 Å². The van der Waals surface area contributed by atoms with Crippen molar-refractivity contribution in [2.24, 2.45) is 0 Å². The van der Waals surface area contributed by atoms with Gasteiger partial charge in [0.25, 0.3) is 5.69 Å². The Morgan fingerprint density at radius 2 is 1.18 bits per heavy atom. The van der Waals surface area contributed by atoms with E-state index >= 15 is 0 Å². The molecule has 1 aliphatic rings. The van der Waals surface area contributed by atoms with Crippen molar-refractivity contribution in [2.45, 2.75) is 90.1 Å². The Hall–Kier alpha value is -8.27. The molecule has 1 heterocycles. The maximum absolute atomic E-state index is 13.0. The summed E-state index contributed by atoms with van der Waals surface area (Å²) in [6, 6.07) is 30.9. The molecule has 0 unspecified atom stereocenters. The molecule has 76 heavy (non-hydrogen) atoms. The third-order valence-electron chi connectivity index (χ3n) is 10.5. The fraction of sp³-hybridized carbons (Fsp3) is 0.426. The number of amides is 6. The minimum Gasteiger partial charge on any atom is -0.448 e. The van der Waals surface area contributed by atoms with E-state index in [2.05, 4.69) is 16.0 Å². The highest BCUT2D eigenvalue weighted by Gasteiger charge is 2.30. The Balaban J connectivity index is 0.000000320. The van der Waals surface area contributed by atoms with Gasteiger partial charge in [-0.05, 0) is 70.4 Å². The fourth-order valence-electron chi connectivity index (χ4n) is 6.81. The largest absolute Gasteiger partial charge is 0.513 e. The first kappa shape index (κ1) is 62.0. The van der Waals surface area contributed by atoms with Gasteiger partial charge in [-0.15, -0.1) is 0 Å². The van der Waals surface area contributed by atoms with Gasteiger partial charge in [-0.25, -0.2) is 19.2 Å². The average molecular weight is 1060 g/mol. The number of aliphatic hydroxyl groups is 1. The first-order chi connectivity index (χ1) is 35.8. The minimum atomic E-state index is -1.02. The van der Waals surface area contributed by atoms with Crippen LogP contribution in [0.5, 0.6) is 5.75 Å². The number of non-ortho nitro benzene ring substituents is 1. The molecular weight excluding hydrogens is 987 g/mol. The van der Waals surface area contributed by atoms with E-state index in [-0.39, 0.29) is 62.6 Å². The van der Waals surface area contributed by atoms with E-state index in [1.807, 2.05) is 91.0 Å². The van der Waals surface area contributed by atoms with Crippen LogP contribution < -0.4 is 20.7 Å². The number of carbonyl (C=O) groups is 7. The molecule has 4 aromatic rings. The van der Waals surface area contributed by atoms with Gasteiger partial charge in [0.2, 0.25) is 17.7 Å². The minimum absolute atomic E-state index is 0.0372. The van der Waals surface area contributed by atoms with Crippen LogP contribution in [-0.2, 0) is 52.6 Å². The summed E-state index contributed by atoms with van der Waals surface area (Å²) >= 11 is 0. The second-order valence-electron chi connectivity index (χ2n) is 19.3. The molecule has 4 aromatic carbocycles. The first-order valence-corrected chi connectivity index (χ1v) is 24.3. The molecule has 22 nitrogen and oxygen atoms in total. The van der Waals surface area contributed by atoms with Gasteiger partial charge in [0.15, 0.2) is 0 Å². The zero-order valence-electron chi connectivity index (χ0n) is 44.5. The van der Waals surface area contributed by atoms with Crippen LogP contribution in [0.15, 0.2) is 115 Å². The normalized spacial score (nSPS) is 14.0. The number of hydrogen-bond acceptors (Lipinski definition) is 15. The van der Waals surface area contributed by atoms with Crippen LogP contribution in [0, 0.1) is 10.1 Å². The predicted octanol–water partition coefficient (Wildman–Crippen LogP) is 6.07. The maximum atomic E-state index is 13.0. The van der Waals surface area contributed by atoms with E-state index in [1.165, 1.54) is 41.1 Å². The Morgan fingerprint density at radius 3 is 1.62 bits per heavy atom. The summed E-state index contributed by atoms with van der Waals surface area (Å²) in [4.78, 5) is 99.6. The first-order valence-electron chi connectivity index (χ1n) is 24.3. The summed E-state index contributed by atoms with van der Waals surface area (Å²) in [6.45, 7) is 11.1. The van der Waals surface area contributed by atoms with Crippen LogP contribution in [0.2, 0.25) is 0 Å². The van der Waals surface area contributed by atoms with E-state index < -0.39 is 64.6 Å². The highest BCUT2D eigenvalue weighted by Crippen LogP contribution is 2.18. The number of aliphatic hydroxyl groups excluding tert-OH is 1.